The zero-order valence-electron chi connectivity index (χ0n) is 8.72. The Hall–Kier alpha value is -1.69. The van der Waals surface area contributed by atoms with Gasteiger partial charge in [0.1, 0.15) is 11.9 Å². The van der Waals surface area contributed by atoms with E-state index in [0.717, 1.165) is 19.3 Å². The van der Waals surface area contributed by atoms with E-state index < -0.39 is 10.5 Å². The van der Waals surface area contributed by atoms with Gasteiger partial charge in [0.05, 0.1) is 5.60 Å². The highest BCUT2D eigenvalue weighted by Crippen LogP contribution is 2.32. The number of aromatic nitrogens is 1. The predicted molar refractivity (Wildman–Crippen MR) is 58.2 cm³/mol. The van der Waals surface area contributed by atoms with Gasteiger partial charge < -0.3 is 20.5 Å². The van der Waals surface area contributed by atoms with E-state index in [9.17, 15) is 15.2 Å². The SMILES string of the molecule is O=[N+]([O-])c1ncccc1NCC1(O)CCC1. The van der Waals surface area contributed by atoms with Crippen LogP contribution in [0.15, 0.2) is 18.3 Å². The van der Waals surface area contributed by atoms with E-state index >= 15 is 0 Å². The summed E-state index contributed by atoms with van der Waals surface area (Å²) in [6.45, 7) is 0.333. The fraction of sp³-hybridized carbons (Fsp3) is 0.500. The van der Waals surface area contributed by atoms with Crippen LogP contribution in [0.2, 0.25) is 0 Å². The van der Waals surface area contributed by atoms with Crippen LogP contribution in [0.5, 0.6) is 0 Å². The van der Waals surface area contributed by atoms with E-state index in [4.69, 9.17) is 0 Å². The summed E-state index contributed by atoms with van der Waals surface area (Å²) >= 11 is 0. The molecule has 0 bridgehead atoms. The van der Waals surface area contributed by atoms with Gasteiger partial charge in [0.2, 0.25) is 0 Å². The topological polar surface area (TPSA) is 88.3 Å². The van der Waals surface area contributed by atoms with Crippen molar-refractivity contribution < 1.29 is 10.0 Å². The second-order valence-electron chi connectivity index (χ2n) is 4.06. The van der Waals surface area contributed by atoms with E-state index in [-0.39, 0.29) is 5.82 Å². The first-order valence-corrected chi connectivity index (χ1v) is 5.16. The molecule has 2 rings (SSSR count). The molecule has 1 saturated carbocycles. The highest BCUT2D eigenvalue weighted by atomic mass is 16.6. The number of nitro groups is 1. The maximum Gasteiger partial charge on any atom is 0.386 e. The van der Waals surface area contributed by atoms with Crippen LogP contribution >= 0.6 is 0 Å². The Morgan fingerprint density at radius 2 is 2.38 bits per heavy atom. The minimum absolute atomic E-state index is 0.203. The molecular weight excluding hydrogens is 210 g/mol. The van der Waals surface area contributed by atoms with Gasteiger partial charge in [0, 0.05) is 6.54 Å². The Morgan fingerprint density at radius 1 is 1.62 bits per heavy atom. The number of aliphatic hydroxyl groups is 1. The van der Waals surface area contributed by atoms with Crippen molar-refractivity contribution in [3.8, 4) is 0 Å². The predicted octanol–water partition coefficient (Wildman–Crippen LogP) is 1.32. The van der Waals surface area contributed by atoms with Gasteiger partial charge in [-0.2, -0.15) is 0 Å². The molecule has 6 heteroatoms. The van der Waals surface area contributed by atoms with E-state index in [1.165, 1.54) is 6.20 Å². The van der Waals surface area contributed by atoms with E-state index in [1.807, 2.05) is 0 Å². The minimum Gasteiger partial charge on any atom is -0.388 e. The second-order valence-corrected chi connectivity index (χ2v) is 4.06. The quantitative estimate of drug-likeness (QED) is 0.593. The summed E-state index contributed by atoms with van der Waals surface area (Å²) in [7, 11) is 0. The molecule has 0 amide bonds. The average Bonchev–Trinajstić information content (AvgIpc) is 2.24. The van der Waals surface area contributed by atoms with Gasteiger partial charge in [-0.05, 0) is 41.3 Å². The lowest BCUT2D eigenvalue weighted by atomic mass is 9.80. The number of hydrogen-bond acceptors (Lipinski definition) is 5. The lowest BCUT2D eigenvalue weighted by Crippen LogP contribution is -2.43. The number of rotatable bonds is 4. The molecule has 0 aliphatic heterocycles. The molecule has 1 aliphatic carbocycles. The largest absolute Gasteiger partial charge is 0.388 e. The number of hydrogen-bond donors (Lipinski definition) is 2. The Morgan fingerprint density at radius 3 is 2.94 bits per heavy atom. The summed E-state index contributed by atoms with van der Waals surface area (Å²) in [6, 6.07) is 3.22. The lowest BCUT2D eigenvalue weighted by molar-refractivity contribution is -0.388. The van der Waals surface area contributed by atoms with Crippen LogP contribution in [0.1, 0.15) is 19.3 Å². The van der Waals surface area contributed by atoms with E-state index in [1.54, 1.807) is 12.1 Å². The Labute approximate surface area is 92.5 Å². The lowest BCUT2D eigenvalue weighted by Gasteiger charge is -2.36. The van der Waals surface area contributed by atoms with Crippen LogP contribution in [0.25, 0.3) is 0 Å². The fourth-order valence-electron chi connectivity index (χ4n) is 1.70. The minimum atomic E-state index is -0.705. The van der Waals surface area contributed by atoms with Gasteiger partial charge in [-0.25, -0.2) is 0 Å². The molecule has 0 spiro atoms. The molecule has 86 valence electrons. The molecule has 2 N–H and O–H groups in total. The zero-order valence-corrected chi connectivity index (χ0v) is 8.72. The van der Waals surface area contributed by atoms with Crippen LogP contribution in [0, 0.1) is 10.1 Å². The first-order chi connectivity index (χ1) is 7.61. The summed E-state index contributed by atoms with van der Waals surface area (Å²) in [5.74, 6) is -0.203. The molecule has 0 atom stereocenters. The third kappa shape index (κ3) is 2.11. The van der Waals surface area contributed by atoms with E-state index in [0.29, 0.717) is 12.2 Å². The molecule has 1 aromatic heterocycles. The third-order valence-electron chi connectivity index (χ3n) is 2.85. The van der Waals surface area contributed by atoms with Crippen LogP contribution in [-0.4, -0.2) is 27.2 Å². The van der Waals surface area contributed by atoms with Gasteiger partial charge in [-0.15, -0.1) is 0 Å². The molecule has 0 aromatic carbocycles. The summed E-state index contributed by atoms with van der Waals surface area (Å²) in [6.07, 6.45) is 3.87. The molecule has 1 aromatic rings. The van der Waals surface area contributed by atoms with Crippen molar-refractivity contribution in [2.45, 2.75) is 24.9 Å². The molecule has 0 radical (unpaired) electrons. The average molecular weight is 223 g/mol. The summed E-state index contributed by atoms with van der Waals surface area (Å²) in [4.78, 5) is 13.8. The Balaban J connectivity index is 2.06. The third-order valence-corrected chi connectivity index (χ3v) is 2.85. The van der Waals surface area contributed by atoms with Crippen LogP contribution in [0.4, 0.5) is 11.5 Å². The molecule has 0 saturated heterocycles. The fourth-order valence-corrected chi connectivity index (χ4v) is 1.70. The van der Waals surface area contributed by atoms with E-state index in [2.05, 4.69) is 10.3 Å². The van der Waals surface area contributed by atoms with Gasteiger partial charge in [0.15, 0.2) is 0 Å². The van der Waals surface area contributed by atoms with Crippen molar-refractivity contribution in [3.63, 3.8) is 0 Å². The second kappa shape index (κ2) is 4.05. The highest BCUT2D eigenvalue weighted by molar-refractivity contribution is 5.56. The highest BCUT2D eigenvalue weighted by Gasteiger charge is 2.34. The van der Waals surface area contributed by atoms with Gasteiger partial charge >= 0.3 is 5.82 Å². The maximum absolute atomic E-state index is 10.7. The molecule has 16 heavy (non-hydrogen) atoms. The number of pyridine rings is 1. The van der Waals surface area contributed by atoms with Gasteiger partial charge in [0.25, 0.3) is 0 Å². The van der Waals surface area contributed by atoms with Crippen molar-refractivity contribution in [1.82, 2.24) is 4.98 Å². The molecule has 1 fully saturated rings. The van der Waals surface area contributed by atoms with Crippen molar-refractivity contribution >= 4 is 11.5 Å². The molecule has 1 heterocycles. The first kappa shape index (κ1) is 10.8. The first-order valence-electron chi connectivity index (χ1n) is 5.16. The maximum atomic E-state index is 10.7. The molecule has 0 unspecified atom stereocenters. The monoisotopic (exact) mass is 223 g/mol. The van der Waals surface area contributed by atoms with Gasteiger partial charge in [-0.3, -0.25) is 0 Å². The van der Waals surface area contributed by atoms with Crippen molar-refractivity contribution in [3.05, 3.63) is 28.4 Å². The standard InChI is InChI=1S/C10H13N3O3/c14-10(4-2-5-10)7-12-8-3-1-6-11-9(8)13(15)16/h1,3,6,12,14H,2,4-5,7H2. The normalized spacial score (nSPS) is 17.6. The summed E-state index contributed by atoms with van der Waals surface area (Å²) in [5, 5.41) is 23.4. The van der Waals surface area contributed by atoms with Crippen LogP contribution in [-0.2, 0) is 0 Å². The smallest absolute Gasteiger partial charge is 0.386 e. The zero-order chi connectivity index (χ0) is 11.6. The molecule has 6 nitrogen and oxygen atoms in total. The summed E-state index contributed by atoms with van der Waals surface area (Å²) in [5.41, 5.74) is -0.350. The van der Waals surface area contributed by atoms with Crippen LogP contribution < -0.4 is 5.32 Å². The van der Waals surface area contributed by atoms with Gasteiger partial charge in [-0.1, -0.05) is 0 Å². The number of anilines is 1. The van der Waals surface area contributed by atoms with Crippen molar-refractivity contribution in [2.24, 2.45) is 0 Å². The van der Waals surface area contributed by atoms with Crippen molar-refractivity contribution in [1.29, 1.82) is 0 Å². The molecular formula is C10H13N3O3. The number of nitrogens with zero attached hydrogens (tertiary/aromatic N) is 2. The number of nitrogens with one attached hydrogen (secondary N) is 1. The Bertz CT molecular complexity index is 404. The van der Waals surface area contributed by atoms with Crippen LogP contribution in [0.3, 0.4) is 0 Å². The summed E-state index contributed by atoms with van der Waals surface area (Å²) < 4.78 is 0. The molecule has 1 aliphatic rings. The Kier molecular flexibility index (Phi) is 2.74. The van der Waals surface area contributed by atoms with Crippen molar-refractivity contribution in [2.75, 3.05) is 11.9 Å².